The van der Waals surface area contributed by atoms with Crippen LogP contribution in [0.3, 0.4) is 0 Å². The number of ether oxygens (including phenoxy) is 1. The van der Waals surface area contributed by atoms with E-state index in [0.29, 0.717) is 24.4 Å². The van der Waals surface area contributed by atoms with Gasteiger partial charge in [-0.1, -0.05) is 31.4 Å². The molecule has 1 fully saturated rings. The zero-order valence-corrected chi connectivity index (χ0v) is 12.6. The van der Waals surface area contributed by atoms with Crippen LogP contribution in [0.5, 0.6) is 0 Å². The van der Waals surface area contributed by atoms with Crippen LogP contribution >= 0.6 is 0 Å². The minimum Gasteiger partial charge on any atom is -0.465 e. The van der Waals surface area contributed by atoms with E-state index in [1.54, 1.807) is 12.1 Å². The molecule has 1 aliphatic rings. The summed E-state index contributed by atoms with van der Waals surface area (Å²) in [6.45, 7) is 0.507. The summed E-state index contributed by atoms with van der Waals surface area (Å²) in [5, 5.41) is 2.95. The monoisotopic (exact) mass is 289 g/mol. The first-order valence-electron chi connectivity index (χ1n) is 7.63. The predicted octanol–water partition coefficient (Wildman–Crippen LogP) is 3.06. The van der Waals surface area contributed by atoms with Crippen LogP contribution in [-0.2, 0) is 16.1 Å². The highest BCUT2D eigenvalue weighted by Crippen LogP contribution is 2.26. The molecular weight excluding hydrogens is 266 g/mol. The van der Waals surface area contributed by atoms with Crippen molar-refractivity contribution in [3.63, 3.8) is 0 Å². The average molecular weight is 289 g/mol. The number of nitrogens with one attached hydrogen (secondary N) is 1. The standard InChI is InChI=1S/C17H23NO3/c1-21-17(20)15-9-7-14(8-10-15)12-18-16(19)11-13-5-3-2-4-6-13/h7-10,13H,2-6,11-12H2,1H3,(H,18,19). The maximum absolute atomic E-state index is 11.9. The molecule has 1 aromatic carbocycles. The highest BCUT2D eigenvalue weighted by molar-refractivity contribution is 5.89. The first kappa shape index (κ1) is 15.5. The van der Waals surface area contributed by atoms with E-state index >= 15 is 0 Å². The van der Waals surface area contributed by atoms with Gasteiger partial charge in [-0.15, -0.1) is 0 Å². The van der Waals surface area contributed by atoms with Crippen molar-refractivity contribution in [2.24, 2.45) is 5.92 Å². The second-order valence-corrected chi connectivity index (χ2v) is 5.67. The van der Waals surface area contributed by atoms with Crippen LogP contribution in [0.25, 0.3) is 0 Å². The fourth-order valence-corrected chi connectivity index (χ4v) is 2.80. The lowest BCUT2D eigenvalue weighted by Crippen LogP contribution is -2.25. The number of hydrogen-bond acceptors (Lipinski definition) is 3. The Labute approximate surface area is 125 Å². The van der Waals surface area contributed by atoms with Crippen molar-refractivity contribution in [2.45, 2.75) is 45.1 Å². The third kappa shape index (κ3) is 4.88. The van der Waals surface area contributed by atoms with Crippen LogP contribution in [0.1, 0.15) is 54.4 Å². The number of benzene rings is 1. The Morgan fingerprint density at radius 3 is 2.43 bits per heavy atom. The van der Waals surface area contributed by atoms with Crippen LogP contribution in [-0.4, -0.2) is 19.0 Å². The molecule has 114 valence electrons. The van der Waals surface area contributed by atoms with Crippen LogP contribution in [0.2, 0.25) is 0 Å². The van der Waals surface area contributed by atoms with Crippen molar-refractivity contribution in [1.82, 2.24) is 5.32 Å². The number of methoxy groups -OCH3 is 1. The molecular formula is C17H23NO3. The number of rotatable bonds is 5. The lowest BCUT2D eigenvalue weighted by molar-refractivity contribution is -0.122. The Kier molecular flexibility index (Phi) is 5.78. The van der Waals surface area contributed by atoms with E-state index in [0.717, 1.165) is 5.56 Å². The van der Waals surface area contributed by atoms with Gasteiger partial charge >= 0.3 is 5.97 Å². The van der Waals surface area contributed by atoms with E-state index in [-0.39, 0.29) is 11.9 Å². The first-order chi connectivity index (χ1) is 10.2. The SMILES string of the molecule is COC(=O)c1ccc(CNC(=O)CC2CCCCC2)cc1. The summed E-state index contributed by atoms with van der Waals surface area (Å²) in [5.41, 5.74) is 1.51. The molecule has 4 nitrogen and oxygen atoms in total. The summed E-state index contributed by atoms with van der Waals surface area (Å²) in [6.07, 6.45) is 6.83. The zero-order chi connectivity index (χ0) is 15.1. The van der Waals surface area contributed by atoms with Gasteiger partial charge in [0.05, 0.1) is 12.7 Å². The van der Waals surface area contributed by atoms with Gasteiger partial charge in [0.25, 0.3) is 0 Å². The summed E-state index contributed by atoms with van der Waals surface area (Å²) in [5.74, 6) is 0.335. The summed E-state index contributed by atoms with van der Waals surface area (Å²) in [6, 6.07) is 7.11. The lowest BCUT2D eigenvalue weighted by Gasteiger charge is -2.20. The van der Waals surface area contributed by atoms with Crippen molar-refractivity contribution in [3.8, 4) is 0 Å². The first-order valence-corrected chi connectivity index (χ1v) is 7.63. The summed E-state index contributed by atoms with van der Waals surface area (Å²) < 4.78 is 4.65. The molecule has 0 saturated heterocycles. The van der Waals surface area contributed by atoms with Gasteiger partial charge in [-0.05, 0) is 36.5 Å². The second kappa shape index (κ2) is 7.81. The Morgan fingerprint density at radius 2 is 1.81 bits per heavy atom. The number of carbonyl (C=O) groups is 2. The smallest absolute Gasteiger partial charge is 0.337 e. The van der Waals surface area contributed by atoms with E-state index in [1.165, 1.54) is 39.2 Å². The minimum atomic E-state index is -0.345. The predicted molar refractivity (Wildman–Crippen MR) is 80.8 cm³/mol. The minimum absolute atomic E-state index is 0.124. The fraction of sp³-hybridized carbons (Fsp3) is 0.529. The van der Waals surface area contributed by atoms with Crippen molar-refractivity contribution in [2.75, 3.05) is 7.11 Å². The Hall–Kier alpha value is -1.84. The molecule has 0 bridgehead atoms. The van der Waals surface area contributed by atoms with E-state index in [4.69, 9.17) is 0 Å². The van der Waals surface area contributed by atoms with Crippen LogP contribution in [0.15, 0.2) is 24.3 Å². The van der Waals surface area contributed by atoms with Gasteiger partial charge in [-0.2, -0.15) is 0 Å². The van der Waals surface area contributed by atoms with Gasteiger partial charge in [-0.25, -0.2) is 4.79 Å². The highest BCUT2D eigenvalue weighted by Gasteiger charge is 2.16. The topological polar surface area (TPSA) is 55.4 Å². The van der Waals surface area contributed by atoms with E-state index < -0.39 is 0 Å². The van der Waals surface area contributed by atoms with Gasteiger partial charge in [-0.3, -0.25) is 4.79 Å². The maximum atomic E-state index is 11.9. The maximum Gasteiger partial charge on any atom is 0.337 e. The molecule has 1 N–H and O–H groups in total. The molecule has 4 heteroatoms. The molecule has 0 aliphatic heterocycles. The third-order valence-corrected chi connectivity index (χ3v) is 4.06. The molecule has 2 rings (SSSR count). The van der Waals surface area contributed by atoms with Crippen LogP contribution in [0.4, 0.5) is 0 Å². The number of carbonyl (C=O) groups excluding carboxylic acids is 2. The molecule has 1 amide bonds. The van der Waals surface area contributed by atoms with E-state index in [2.05, 4.69) is 10.1 Å². The van der Waals surface area contributed by atoms with Gasteiger partial charge < -0.3 is 10.1 Å². The Morgan fingerprint density at radius 1 is 1.14 bits per heavy atom. The summed E-state index contributed by atoms with van der Waals surface area (Å²) in [4.78, 5) is 23.2. The Bertz CT molecular complexity index is 475. The lowest BCUT2D eigenvalue weighted by atomic mass is 9.87. The van der Waals surface area contributed by atoms with E-state index in [1.807, 2.05) is 12.1 Å². The number of amides is 1. The summed E-state index contributed by atoms with van der Waals surface area (Å²) in [7, 11) is 1.36. The molecule has 1 saturated carbocycles. The van der Waals surface area contributed by atoms with Crippen molar-refractivity contribution in [1.29, 1.82) is 0 Å². The molecule has 0 atom stereocenters. The van der Waals surface area contributed by atoms with Gasteiger partial charge in [0.1, 0.15) is 0 Å². The van der Waals surface area contributed by atoms with Gasteiger partial charge in [0.15, 0.2) is 0 Å². The average Bonchev–Trinajstić information content (AvgIpc) is 2.53. The third-order valence-electron chi connectivity index (χ3n) is 4.06. The number of esters is 1. The van der Waals surface area contributed by atoms with Crippen LogP contribution < -0.4 is 5.32 Å². The Balaban J connectivity index is 1.76. The zero-order valence-electron chi connectivity index (χ0n) is 12.6. The molecule has 0 heterocycles. The molecule has 0 unspecified atom stereocenters. The largest absolute Gasteiger partial charge is 0.465 e. The normalized spacial score (nSPS) is 15.5. The van der Waals surface area contributed by atoms with Gasteiger partial charge in [0, 0.05) is 13.0 Å². The molecule has 1 aromatic rings. The number of hydrogen-bond donors (Lipinski definition) is 1. The summed E-state index contributed by atoms with van der Waals surface area (Å²) >= 11 is 0. The van der Waals surface area contributed by atoms with Crippen molar-refractivity contribution >= 4 is 11.9 Å². The molecule has 21 heavy (non-hydrogen) atoms. The fourth-order valence-electron chi connectivity index (χ4n) is 2.80. The van der Waals surface area contributed by atoms with Crippen LogP contribution in [0, 0.1) is 5.92 Å². The molecule has 0 spiro atoms. The van der Waals surface area contributed by atoms with Crippen molar-refractivity contribution in [3.05, 3.63) is 35.4 Å². The molecule has 0 radical (unpaired) electrons. The quantitative estimate of drug-likeness (QED) is 0.848. The van der Waals surface area contributed by atoms with E-state index in [9.17, 15) is 9.59 Å². The molecule has 0 aromatic heterocycles. The highest BCUT2D eigenvalue weighted by atomic mass is 16.5. The second-order valence-electron chi connectivity index (χ2n) is 5.67. The van der Waals surface area contributed by atoms with Crippen molar-refractivity contribution < 1.29 is 14.3 Å². The molecule has 1 aliphatic carbocycles. The van der Waals surface area contributed by atoms with Gasteiger partial charge in [0.2, 0.25) is 5.91 Å².